The molecular weight excluding hydrogens is 440 g/mol. The van der Waals surface area contributed by atoms with Crippen molar-refractivity contribution in [2.45, 2.75) is 32.0 Å². The van der Waals surface area contributed by atoms with Crippen molar-refractivity contribution in [3.8, 4) is 5.75 Å². The van der Waals surface area contributed by atoms with Gasteiger partial charge in [-0.05, 0) is 55.2 Å². The largest absolute Gasteiger partial charge is 0.487 e. The molecule has 9 heteroatoms. The minimum Gasteiger partial charge on any atom is -0.487 e. The van der Waals surface area contributed by atoms with Crippen molar-refractivity contribution < 1.29 is 31.5 Å². The third-order valence-corrected chi connectivity index (χ3v) is 4.73. The van der Waals surface area contributed by atoms with Gasteiger partial charge in [-0.1, -0.05) is 18.2 Å². The van der Waals surface area contributed by atoms with Crippen LogP contribution in [-0.2, 0) is 24.0 Å². The molecule has 0 radical (unpaired) electrons. The Morgan fingerprint density at radius 1 is 1.06 bits per heavy atom. The average molecular weight is 462 g/mol. The number of alkyl halides is 3. The Kier molecular flexibility index (Phi) is 8.23. The molecule has 1 heterocycles. The fourth-order valence-corrected chi connectivity index (χ4v) is 2.99. The van der Waals surface area contributed by atoms with Crippen molar-refractivity contribution in [2.24, 2.45) is 0 Å². The number of hydrogen-bond donors (Lipinski definition) is 1. The second kappa shape index (κ2) is 11.3. The number of aryl methyl sites for hydroxylation is 1. The van der Waals surface area contributed by atoms with Gasteiger partial charge in [0.2, 0.25) is 12.3 Å². The number of unbranched alkanes of at least 4 members (excludes halogenated alkanes) is 1. The number of carbonyl (C=O) groups is 1. The molecule has 174 valence electrons. The van der Waals surface area contributed by atoms with E-state index >= 15 is 0 Å². The summed E-state index contributed by atoms with van der Waals surface area (Å²) in [6, 6.07) is 9.96. The fourth-order valence-electron chi connectivity index (χ4n) is 2.99. The van der Waals surface area contributed by atoms with Crippen molar-refractivity contribution in [3.63, 3.8) is 0 Å². The Morgan fingerprint density at radius 3 is 2.55 bits per heavy atom. The van der Waals surface area contributed by atoms with Gasteiger partial charge in [0.25, 0.3) is 0 Å². The third-order valence-electron chi connectivity index (χ3n) is 4.73. The number of carbonyl (C=O) groups excluding carboxylic acids is 1. The molecule has 0 spiro atoms. The minimum absolute atomic E-state index is 0.0147. The predicted molar refractivity (Wildman–Crippen MR) is 115 cm³/mol. The van der Waals surface area contributed by atoms with Gasteiger partial charge in [-0.2, -0.15) is 13.2 Å². The lowest BCUT2D eigenvalue weighted by Gasteiger charge is -2.07. The molecule has 0 aliphatic carbocycles. The fraction of sp³-hybridized carbons (Fsp3) is 0.250. The van der Waals surface area contributed by atoms with Crippen molar-refractivity contribution in [2.75, 3.05) is 6.54 Å². The van der Waals surface area contributed by atoms with Crippen LogP contribution in [0.3, 0.4) is 0 Å². The van der Waals surface area contributed by atoms with Gasteiger partial charge < -0.3 is 14.5 Å². The maximum atomic E-state index is 13.9. The average Bonchev–Trinajstić information content (AvgIpc) is 3.25. The molecular formula is C24H22F4N2O3. The summed E-state index contributed by atoms with van der Waals surface area (Å²) in [6.07, 6.45) is 2.92. The number of amides is 1. The van der Waals surface area contributed by atoms with Crippen LogP contribution in [0.5, 0.6) is 5.75 Å². The van der Waals surface area contributed by atoms with E-state index in [0.717, 1.165) is 37.0 Å². The summed E-state index contributed by atoms with van der Waals surface area (Å²) in [6.45, 7) is 0.821. The first-order valence-electron chi connectivity index (χ1n) is 10.2. The number of hydrogen-bond acceptors (Lipinski definition) is 4. The molecule has 3 aromatic rings. The molecule has 0 fully saturated rings. The van der Waals surface area contributed by atoms with Crippen molar-refractivity contribution in [3.05, 3.63) is 82.8 Å². The highest BCUT2D eigenvalue weighted by Crippen LogP contribution is 2.30. The summed E-state index contributed by atoms with van der Waals surface area (Å²) in [5.74, 6) is -0.155. The van der Waals surface area contributed by atoms with Crippen LogP contribution in [-0.4, -0.2) is 17.9 Å². The SMILES string of the molecule is O=CNCCCCc1ccc(OCc2coc(C=Cc3ccc(C(F)(F)F)cc3F)n2)cc1. The first kappa shape index (κ1) is 24.0. The van der Waals surface area contributed by atoms with Crippen LogP contribution in [0.15, 0.2) is 53.1 Å². The van der Waals surface area contributed by atoms with E-state index < -0.39 is 17.6 Å². The topological polar surface area (TPSA) is 64.4 Å². The monoisotopic (exact) mass is 462 g/mol. The van der Waals surface area contributed by atoms with Gasteiger partial charge in [0.1, 0.15) is 30.1 Å². The van der Waals surface area contributed by atoms with Crippen molar-refractivity contribution in [1.82, 2.24) is 10.3 Å². The van der Waals surface area contributed by atoms with Crippen LogP contribution >= 0.6 is 0 Å². The molecule has 33 heavy (non-hydrogen) atoms. The van der Waals surface area contributed by atoms with Crippen LogP contribution < -0.4 is 10.1 Å². The first-order valence-corrected chi connectivity index (χ1v) is 10.2. The van der Waals surface area contributed by atoms with E-state index in [-0.39, 0.29) is 18.1 Å². The summed E-state index contributed by atoms with van der Waals surface area (Å²) in [4.78, 5) is 14.4. The van der Waals surface area contributed by atoms with Gasteiger partial charge in [-0.3, -0.25) is 4.79 Å². The molecule has 1 aromatic heterocycles. The molecule has 0 aliphatic rings. The highest BCUT2D eigenvalue weighted by Gasteiger charge is 2.30. The third kappa shape index (κ3) is 7.48. The van der Waals surface area contributed by atoms with Crippen LogP contribution in [0.25, 0.3) is 12.2 Å². The highest BCUT2D eigenvalue weighted by atomic mass is 19.4. The predicted octanol–water partition coefficient (Wildman–Crippen LogP) is 5.65. The summed E-state index contributed by atoms with van der Waals surface area (Å²) in [5, 5.41) is 2.63. The molecule has 0 saturated carbocycles. The van der Waals surface area contributed by atoms with Crippen molar-refractivity contribution in [1.29, 1.82) is 0 Å². The van der Waals surface area contributed by atoms with Gasteiger partial charge in [-0.25, -0.2) is 9.37 Å². The van der Waals surface area contributed by atoms with Gasteiger partial charge in [0.15, 0.2) is 0 Å². The zero-order valence-corrected chi connectivity index (χ0v) is 17.6. The molecule has 5 nitrogen and oxygen atoms in total. The summed E-state index contributed by atoms with van der Waals surface area (Å²) in [7, 11) is 0. The molecule has 3 rings (SSSR count). The Bertz CT molecular complexity index is 1080. The van der Waals surface area contributed by atoms with E-state index in [2.05, 4.69) is 10.3 Å². The van der Waals surface area contributed by atoms with Crippen LogP contribution in [0.1, 0.15) is 41.1 Å². The van der Waals surface area contributed by atoms with E-state index in [1.54, 1.807) is 0 Å². The molecule has 1 amide bonds. The molecule has 0 aliphatic heterocycles. The van der Waals surface area contributed by atoms with E-state index in [1.807, 2.05) is 24.3 Å². The first-order chi connectivity index (χ1) is 15.8. The van der Waals surface area contributed by atoms with Gasteiger partial charge >= 0.3 is 6.18 Å². The lowest BCUT2D eigenvalue weighted by atomic mass is 10.1. The highest BCUT2D eigenvalue weighted by molar-refractivity contribution is 5.66. The summed E-state index contributed by atoms with van der Waals surface area (Å²) < 4.78 is 62.7. The molecule has 0 bridgehead atoms. The number of rotatable bonds is 11. The Labute approximate surface area is 188 Å². The molecule has 2 aromatic carbocycles. The number of benzene rings is 2. The van der Waals surface area contributed by atoms with Gasteiger partial charge in [0, 0.05) is 18.2 Å². The lowest BCUT2D eigenvalue weighted by molar-refractivity contribution is -0.137. The Morgan fingerprint density at radius 2 is 1.85 bits per heavy atom. The summed E-state index contributed by atoms with van der Waals surface area (Å²) >= 11 is 0. The normalized spacial score (nSPS) is 11.6. The lowest BCUT2D eigenvalue weighted by Crippen LogP contribution is -2.11. The Balaban J connectivity index is 1.49. The number of oxazole rings is 1. The van der Waals surface area contributed by atoms with E-state index in [4.69, 9.17) is 9.15 Å². The number of ether oxygens (including phenoxy) is 1. The van der Waals surface area contributed by atoms with Gasteiger partial charge in [0.05, 0.1) is 5.56 Å². The quantitative estimate of drug-likeness (QED) is 0.227. The number of halogens is 4. The van der Waals surface area contributed by atoms with Gasteiger partial charge in [-0.15, -0.1) is 0 Å². The maximum absolute atomic E-state index is 13.9. The molecule has 1 N–H and O–H groups in total. The zero-order chi connectivity index (χ0) is 23.7. The van der Waals surface area contributed by atoms with Crippen LogP contribution in [0.4, 0.5) is 17.6 Å². The second-order valence-electron chi connectivity index (χ2n) is 7.21. The zero-order valence-electron chi connectivity index (χ0n) is 17.6. The van der Waals surface area contributed by atoms with Crippen LogP contribution in [0.2, 0.25) is 0 Å². The second-order valence-corrected chi connectivity index (χ2v) is 7.21. The summed E-state index contributed by atoms with van der Waals surface area (Å²) in [5.41, 5.74) is 0.610. The number of nitrogens with one attached hydrogen (secondary N) is 1. The number of aromatic nitrogens is 1. The smallest absolute Gasteiger partial charge is 0.416 e. The standard InChI is InChI=1S/C24H22F4N2O3/c25-22-13-19(24(26,27)28)8-6-18(22)7-11-23-30-20(15-33-23)14-32-21-9-4-17(5-10-21)3-1-2-12-29-16-31/h4-11,13,15-16H,1-3,12,14H2,(H,29,31). The molecule has 0 saturated heterocycles. The van der Waals surface area contributed by atoms with E-state index in [9.17, 15) is 22.4 Å². The van der Waals surface area contributed by atoms with E-state index in [1.165, 1.54) is 18.4 Å². The van der Waals surface area contributed by atoms with E-state index in [0.29, 0.717) is 30.5 Å². The maximum Gasteiger partial charge on any atom is 0.416 e. The Hall–Kier alpha value is -3.62. The number of nitrogens with zero attached hydrogens (tertiary/aromatic N) is 1. The van der Waals surface area contributed by atoms with Crippen LogP contribution in [0, 0.1) is 5.82 Å². The minimum atomic E-state index is -4.60. The van der Waals surface area contributed by atoms with Crippen molar-refractivity contribution >= 4 is 18.6 Å². The molecule has 0 atom stereocenters. The molecule has 0 unspecified atom stereocenters.